The Labute approximate surface area is 192 Å². The molecule has 0 spiro atoms. The van der Waals surface area contributed by atoms with Gasteiger partial charge in [0.2, 0.25) is 0 Å². The number of ether oxygens (including phenoxy) is 1. The van der Waals surface area contributed by atoms with Gasteiger partial charge in [0.05, 0.1) is 16.3 Å². The summed E-state index contributed by atoms with van der Waals surface area (Å²) in [5.74, 6) is 0.194. The molecule has 0 aliphatic carbocycles. The Bertz CT molecular complexity index is 1430. The van der Waals surface area contributed by atoms with E-state index in [0.29, 0.717) is 23.1 Å². The summed E-state index contributed by atoms with van der Waals surface area (Å²) in [5.41, 5.74) is 2.46. The van der Waals surface area contributed by atoms with Gasteiger partial charge in [0.1, 0.15) is 17.3 Å². The number of thiophene rings is 1. The standard InChI is InChI=1S/C24H18FN5O2S/c1-15-19-13-21(33-24(19)30(29-15)18-6-4-17(25)5-7-18)23(31)28-22-20(3-2-10-27-22)32-14-16-8-11-26-12-9-16/h2-13H,14H2,1H3,(H,27,28,31). The third-order valence-electron chi connectivity index (χ3n) is 4.99. The van der Waals surface area contributed by atoms with Gasteiger partial charge in [-0.05, 0) is 67.1 Å². The molecule has 4 heterocycles. The molecule has 0 aliphatic heterocycles. The van der Waals surface area contributed by atoms with Gasteiger partial charge in [-0.25, -0.2) is 14.1 Å². The molecule has 1 amide bonds. The lowest BCUT2D eigenvalue weighted by molar-refractivity contribution is 0.102. The molecule has 164 valence electrons. The normalized spacial score (nSPS) is 11.0. The Hall–Kier alpha value is -4.11. The molecule has 0 unspecified atom stereocenters. The number of pyridine rings is 2. The van der Waals surface area contributed by atoms with Crippen LogP contribution in [0.2, 0.25) is 0 Å². The van der Waals surface area contributed by atoms with E-state index in [-0.39, 0.29) is 11.7 Å². The van der Waals surface area contributed by atoms with Gasteiger partial charge in [-0.15, -0.1) is 11.3 Å². The number of hydrogen-bond donors (Lipinski definition) is 1. The Morgan fingerprint density at radius 2 is 1.91 bits per heavy atom. The van der Waals surface area contributed by atoms with Crippen LogP contribution in [0.5, 0.6) is 5.75 Å². The first kappa shape index (κ1) is 20.8. The summed E-state index contributed by atoms with van der Waals surface area (Å²) < 4.78 is 20.9. The molecule has 33 heavy (non-hydrogen) atoms. The highest BCUT2D eigenvalue weighted by Gasteiger charge is 2.19. The van der Waals surface area contributed by atoms with E-state index in [1.54, 1.807) is 53.6 Å². The van der Waals surface area contributed by atoms with E-state index in [0.717, 1.165) is 27.2 Å². The number of aromatic nitrogens is 4. The lowest BCUT2D eigenvalue weighted by atomic mass is 10.3. The smallest absolute Gasteiger partial charge is 0.267 e. The fourth-order valence-electron chi connectivity index (χ4n) is 3.33. The van der Waals surface area contributed by atoms with Crippen molar-refractivity contribution in [1.82, 2.24) is 19.7 Å². The van der Waals surface area contributed by atoms with Crippen molar-refractivity contribution >= 4 is 33.3 Å². The first-order valence-corrected chi connectivity index (χ1v) is 10.9. The number of halogens is 1. The minimum absolute atomic E-state index is 0.297. The molecule has 0 radical (unpaired) electrons. The second-order valence-corrected chi connectivity index (χ2v) is 8.28. The van der Waals surface area contributed by atoms with Gasteiger partial charge in [0, 0.05) is 24.0 Å². The van der Waals surface area contributed by atoms with Crippen molar-refractivity contribution in [3.8, 4) is 11.4 Å². The monoisotopic (exact) mass is 459 g/mol. The molecule has 5 rings (SSSR count). The van der Waals surface area contributed by atoms with E-state index in [9.17, 15) is 9.18 Å². The molecule has 0 aliphatic rings. The number of nitrogens with one attached hydrogen (secondary N) is 1. The lowest BCUT2D eigenvalue weighted by Crippen LogP contribution is -2.12. The fourth-order valence-corrected chi connectivity index (χ4v) is 4.40. The van der Waals surface area contributed by atoms with Crippen LogP contribution in [0.4, 0.5) is 10.2 Å². The van der Waals surface area contributed by atoms with Gasteiger partial charge in [-0.1, -0.05) is 0 Å². The van der Waals surface area contributed by atoms with E-state index in [1.165, 1.54) is 23.5 Å². The number of benzene rings is 1. The summed E-state index contributed by atoms with van der Waals surface area (Å²) >= 11 is 1.31. The van der Waals surface area contributed by atoms with Crippen LogP contribution in [0.25, 0.3) is 15.9 Å². The summed E-state index contributed by atoms with van der Waals surface area (Å²) in [4.78, 5) is 22.6. The van der Waals surface area contributed by atoms with Gasteiger partial charge < -0.3 is 10.1 Å². The van der Waals surface area contributed by atoms with Crippen LogP contribution in [0.1, 0.15) is 20.9 Å². The summed E-state index contributed by atoms with van der Waals surface area (Å²) in [6, 6.07) is 15.1. The van der Waals surface area contributed by atoms with E-state index >= 15 is 0 Å². The highest BCUT2D eigenvalue weighted by atomic mass is 32.1. The highest BCUT2D eigenvalue weighted by molar-refractivity contribution is 7.20. The van der Waals surface area contributed by atoms with Crippen molar-refractivity contribution in [2.75, 3.05) is 5.32 Å². The summed E-state index contributed by atoms with van der Waals surface area (Å²) in [7, 11) is 0. The second-order valence-electron chi connectivity index (χ2n) is 7.25. The Balaban J connectivity index is 1.39. The predicted molar refractivity (Wildman–Crippen MR) is 124 cm³/mol. The lowest BCUT2D eigenvalue weighted by Gasteiger charge is -2.11. The summed E-state index contributed by atoms with van der Waals surface area (Å²) in [6.07, 6.45) is 4.98. The van der Waals surface area contributed by atoms with Crippen molar-refractivity contribution in [3.63, 3.8) is 0 Å². The number of aryl methyl sites for hydroxylation is 1. The van der Waals surface area contributed by atoms with Gasteiger partial charge >= 0.3 is 0 Å². The topological polar surface area (TPSA) is 81.9 Å². The molecule has 0 fully saturated rings. The Morgan fingerprint density at radius 1 is 1.12 bits per heavy atom. The number of fused-ring (bicyclic) bond motifs is 1. The Kier molecular flexibility index (Phi) is 5.54. The summed E-state index contributed by atoms with van der Waals surface area (Å²) in [6.45, 7) is 2.20. The third-order valence-corrected chi connectivity index (χ3v) is 6.10. The van der Waals surface area contributed by atoms with Crippen LogP contribution in [0.15, 0.2) is 73.2 Å². The first-order valence-electron chi connectivity index (χ1n) is 10.1. The van der Waals surface area contributed by atoms with Crippen molar-refractivity contribution in [1.29, 1.82) is 0 Å². The molecule has 0 saturated carbocycles. The van der Waals surface area contributed by atoms with Gasteiger partial charge in [0.15, 0.2) is 11.6 Å². The Morgan fingerprint density at radius 3 is 2.70 bits per heavy atom. The zero-order valence-electron chi connectivity index (χ0n) is 17.5. The van der Waals surface area contributed by atoms with Crippen molar-refractivity contribution in [3.05, 3.63) is 95.1 Å². The van der Waals surface area contributed by atoms with E-state index in [4.69, 9.17) is 4.74 Å². The number of rotatable bonds is 6. The molecule has 9 heteroatoms. The molecule has 1 aromatic carbocycles. The summed E-state index contributed by atoms with van der Waals surface area (Å²) in [5, 5.41) is 8.25. The molecule has 7 nitrogen and oxygen atoms in total. The molecular weight excluding hydrogens is 441 g/mol. The number of carbonyl (C=O) groups is 1. The van der Waals surface area contributed by atoms with Crippen molar-refractivity contribution in [2.24, 2.45) is 0 Å². The average molecular weight is 460 g/mol. The zero-order valence-corrected chi connectivity index (χ0v) is 18.3. The molecule has 5 aromatic rings. The number of carbonyl (C=O) groups excluding carboxylic acids is 1. The van der Waals surface area contributed by atoms with E-state index in [1.807, 2.05) is 19.1 Å². The number of amides is 1. The fraction of sp³-hybridized carbons (Fsp3) is 0.0833. The number of hydrogen-bond acceptors (Lipinski definition) is 6. The van der Waals surface area contributed by atoms with E-state index < -0.39 is 0 Å². The van der Waals surface area contributed by atoms with Crippen molar-refractivity contribution in [2.45, 2.75) is 13.5 Å². The minimum atomic E-state index is -0.317. The number of anilines is 1. The van der Waals surface area contributed by atoms with Crippen LogP contribution in [-0.2, 0) is 6.61 Å². The minimum Gasteiger partial charge on any atom is -0.485 e. The molecule has 1 N–H and O–H groups in total. The highest BCUT2D eigenvalue weighted by Crippen LogP contribution is 2.31. The quantitative estimate of drug-likeness (QED) is 0.380. The molecule has 0 atom stereocenters. The van der Waals surface area contributed by atoms with Crippen LogP contribution in [0, 0.1) is 12.7 Å². The number of nitrogens with zero attached hydrogens (tertiary/aromatic N) is 4. The van der Waals surface area contributed by atoms with Gasteiger partial charge in [-0.2, -0.15) is 5.10 Å². The van der Waals surface area contributed by atoms with Crippen molar-refractivity contribution < 1.29 is 13.9 Å². The van der Waals surface area contributed by atoms with Crippen LogP contribution in [0.3, 0.4) is 0 Å². The van der Waals surface area contributed by atoms with Crippen LogP contribution in [-0.4, -0.2) is 25.7 Å². The largest absolute Gasteiger partial charge is 0.485 e. The van der Waals surface area contributed by atoms with Gasteiger partial charge in [0.25, 0.3) is 5.91 Å². The molecular formula is C24H18FN5O2S. The maximum absolute atomic E-state index is 13.3. The maximum Gasteiger partial charge on any atom is 0.267 e. The second kappa shape index (κ2) is 8.79. The first-order chi connectivity index (χ1) is 16.1. The molecule has 0 bridgehead atoms. The zero-order chi connectivity index (χ0) is 22.8. The van der Waals surface area contributed by atoms with Crippen LogP contribution >= 0.6 is 11.3 Å². The SMILES string of the molecule is Cc1nn(-c2ccc(F)cc2)c2sc(C(=O)Nc3ncccc3OCc3ccncc3)cc12. The molecule has 0 saturated heterocycles. The third kappa shape index (κ3) is 4.31. The predicted octanol–water partition coefficient (Wildman–Crippen LogP) is 5.16. The van der Waals surface area contributed by atoms with Gasteiger partial charge in [-0.3, -0.25) is 9.78 Å². The molecule has 4 aromatic heterocycles. The maximum atomic E-state index is 13.3. The van der Waals surface area contributed by atoms with Crippen LogP contribution < -0.4 is 10.1 Å². The average Bonchev–Trinajstić information content (AvgIpc) is 3.40. The van der Waals surface area contributed by atoms with E-state index in [2.05, 4.69) is 20.4 Å².